The molecule has 0 aromatic heterocycles. The second-order valence-corrected chi connectivity index (χ2v) is 7.90. The van der Waals surface area contributed by atoms with Crippen LogP contribution >= 0.6 is 23.2 Å². The van der Waals surface area contributed by atoms with Gasteiger partial charge in [-0.25, -0.2) is 0 Å². The first kappa shape index (κ1) is 16.2. The van der Waals surface area contributed by atoms with E-state index in [0.717, 1.165) is 48.1 Å². The molecular formula is C22H17Cl2NO. The Bertz CT molecular complexity index is 1000. The van der Waals surface area contributed by atoms with Crippen molar-refractivity contribution in [1.82, 2.24) is 4.90 Å². The minimum Gasteiger partial charge on any atom is -0.280 e. The van der Waals surface area contributed by atoms with Crippen LogP contribution in [0.25, 0.3) is 5.70 Å². The van der Waals surface area contributed by atoms with E-state index in [2.05, 4.69) is 6.08 Å². The summed E-state index contributed by atoms with van der Waals surface area (Å²) in [5.74, 6) is 0.196. The quantitative estimate of drug-likeness (QED) is 0.558. The van der Waals surface area contributed by atoms with Gasteiger partial charge in [0.1, 0.15) is 0 Å². The normalized spacial score (nSPS) is 21.3. The Balaban J connectivity index is 1.73. The first-order chi connectivity index (χ1) is 12.6. The van der Waals surface area contributed by atoms with Crippen LogP contribution in [0.1, 0.15) is 53.1 Å². The van der Waals surface area contributed by atoms with Crippen LogP contribution in [0.15, 0.2) is 59.8 Å². The highest BCUT2D eigenvalue weighted by Gasteiger charge is 2.40. The lowest BCUT2D eigenvalue weighted by molar-refractivity contribution is 0.0872. The Morgan fingerprint density at radius 1 is 0.962 bits per heavy atom. The molecule has 2 aromatic carbocycles. The number of allylic oxidation sites excluding steroid dienone is 3. The molecule has 0 N–H and O–H groups in total. The lowest BCUT2D eigenvalue weighted by Gasteiger charge is -2.36. The van der Waals surface area contributed by atoms with Gasteiger partial charge in [0, 0.05) is 32.8 Å². The molecule has 1 atom stereocenters. The zero-order valence-electron chi connectivity index (χ0n) is 14.1. The first-order valence-electron chi connectivity index (χ1n) is 8.97. The fourth-order valence-corrected chi connectivity index (χ4v) is 4.99. The number of amides is 1. The van der Waals surface area contributed by atoms with Crippen LogP contribution in [0.3, 0.4) is 0 Å². The number of hydrogen-bond acceptors (Lipinski definition) is 1. The third-order valence-electron chi connectivity index (χ3n) is 5.63. The van der Waals surface area contributed by atoms with Gasteiger partial charge in [-0.3, -0.25) is 9.69 Å². The first-order valence-corrected chi connectivity index (χ1v) is 9.73. The summed E-state index contributed by atoms with van der Waals surface area (Å²) in [5, 5.41) is 1.32. The topological polar surface area (TPSA) is 20.3 Å². The molecule has 0 radical (unpaired) electrons. The third-order valence-corrected chi connectivity index (χ3v) is 6.19. The van der Waals surface area contributed by atoms with Gasteiger partial charge in [-0.2, -0.15) is 0 Å². The highest BCUT2D eigenvalue weighted by molar-refractivity contribution is 6.35. The maximum absolute atomic E-state index is 13.0. The van der Waals surface area contributed by atoms with Crippen molar-refractivity contribution in [1.29, 1.82) is 0 Å². The molecule has 2 heterocycles. The van der Waals surface area contributed by atoms with E-state index in [4.69, 9.17) is 23.2 Å². The average molecular weight is 382 g/mol. The van der Waals surface area contributed by atoms with Crippen LogP contribution in [0.2, 0.25) is 10.0 Å². The number of rotatable bonds is 1. The molecule has 0 saturated carbocycles. The zero-order chi connectivity index (χ0) is 17.8. The molecule has 26 heavy (non-hydrogen) atoms. The number of benzene rings is 2. The Kier molecular flexibility index (Phi) is 3.73. The van der Waals surface area contributed by atoms with Crippen molar-refractivity contribution in [3.8, 4) is 0 Å². The Morgan fingerprint density at radius 3 is 2.54 bits per heavy atom. The van der Waals surface area contributed by atoms with Crippen molar-refractivity contribution >= 4 is 34.8 Å². The van der Waals surface area contributed by atoms with Crippen molar-refractivity contribution in [2.45, 2.75) is 31.6 Å². The molecule has 1 aliphatic carbocycles. The fraction of sp³-hybridized carbons (Fsp3) is 0.227. The minimum absolute atomic E-state index is 0.0975. The number of carbonyl (C=O) groups is 1. The van der Waals surface area contributed by atoms with Crippen LogP contribution in [0.5, 0.6) is 0 Å². The predicted molar refractivity (Wildman–Crippen MR) is 105 cm³/mol. The molecule has 130 valence electrons. The van der Waals surface area contributed by atoms with Gasteiger partial charge in [0.05, 0.1) is 5.70 Å². The van der Waals surface area contributed by atoms with Gasteiger partial charge in [0.2, 0.25) is 0 Å². The third kappa shape index (κ3) is 2.29. The maximum atomic E-state index is 13.0. The SMILES string of the molecule is O=C1c2ccccc2C2=C[C@@H](c3ccc(Cl)cc3Cl)C3=C(CCCC3)N12. The van der Waals surface area contributed by atoms with Gasteiger partial charge in [-0.1, -0.05) is 47.5 Å². The number of carbonyl (C=O) groups excluding carboxylic acids is 1. The lowest BCUT2D eigenvalue weighted by Crippen LogP contribution is -2.30. The summed E-state index contributed by atoms with van der Waals surface area (Å²) in [6, 6.07) is 13.6. The van der Waals surface area contributed by atoms with Crippen molar-refractivity contribution in [2.24, 2.45) is 0 Å². The van der Waals surface area contributed by atoms with E-state index in [1.165, 1.54) is 11.3 Å². The van der Waals surface area contributed by atoms with Gasteiger partial charge < -0.3 is 0 Å². The monoisotopic (exact) mass is 381 g/mol. The van der Waals surface area contributed by atoms with E-state index < -0.39 is 0 Å². The van der Waals surface area contributed by atoms with Crippen molar-refractivity contribution in [3.05, 3.63) is 86.5 Å². The Morgan fingerprint density at radius 2 is 1.73 bits per heavy atom. The van der Waals surface area contributed by atoms with Crippen molar-refractivity contribution in [3.63, 3.8) is 0 Å². The molecule has 0 fully saturated rings. The number of nitrogens with zero attached hydrogens (tertiary/aromatic N) is 1. The van der Waals surface area contributed by atoms with Gasteiger partial charge in [-0.05, 0) is 61.1 Å². The molecule has 0 saturated heterocycles. The van der Waals surface area contributed by atoms with E-state index >= 15 is 0 Å². The van der Waals surface area contributed by atoms with Crippen LogP contribution in [0, 0.1) is 0 Å². The van der Waals surface area contributed by atoms with E-state index in [-0.39, 0.29) is 11.8 Å². The summed E-state index contributed by atoms with van der Waals surface area (Å²) in [7, 11) is 0. The zero-order valence-corrected chi connectivity index (χ0v) is 15.6. The van der Waals surface area contributed by atoms with Crippen LogP contribution in [0.4, 0.5) is 0 Å². The summed E-state index contributed by atoms with van der Waals surface area (Å²) < 4.78 is 0. The van der Waals surface area contributed by atoms with Crippen molar-refractivity contribution < 1.29 is 4.79 Å². The van der Waals surface area contributed by atoms with Gasteiger partial charge >= 0.3 is 0 Å². The maximum Gasteiger partial charge on any atom is 0.263 e. The summed E-state index contributed by atoms with van der Waals surface area (Å²) in [5.41, 5.74) is 6.37. The number of halogens is 2. The Labute approximate surface area is 162 Å². The lowest BCUT2D eigenvalue weighted by atomic mass is 9.79. The second-order valence-electron chi connectivity index (χ2n) is 7.06. The van der Waals surface area contributed by atoms with Gasteiger partial charge in [0.25, 0.3) is 5.91 Å². The smallest absolute Gasteiger partial charge is 0.263 e. The summed E-state index contributed by atoms with van der Waals surface area (Å²) in [4.78, 5) is 15.0. The molecule has 4 heteroatoms. The Hall–Kier alpha value is -2.03. The second kappa shape index (κ2) is 6.00. The van der Waals surface area contributed by atoms with Crippen LogP contribution in [-0.4, -0.2) is 10.8 Å². The van der Waals surface area contributed by atoms with E-state index in [9.17, 15) is 4.79 Å². The van der Waals surface area contributed by atoms with Crippen LogP contribution in [-0.2, 0) is 0 Å². The van der Waals surface area contributed by atoms with E-state index in [1.807, 2.05) is 41.3 Å². The summed E-state index contributed by atoms with van der Waals surface area (Å²) in [6.45, 7) is 0. The van der Waals surface area contributed by atoms with Gasteiger partial charge in [-0.15, -0.1) is 0 Å². The molecule has 2 aliphatic heterocycles. The average Bonchev–Trinajstić information content (AvgIpc) is 2.94. The fourth-order valence-electron chi connectivity index (χ4n) is 4.47. The minimum atomic E-state index is 0.0975. The molecule has 2 nitrogen and oxygen atoms in total. The van der Waals surface area contributed by atoms with E-state index in [0.29, 0.717) is 10.0 Å². The molecule has 3 aliphatic rings. The predicted octanol–water partition coefficient (Wildman–Crippen LogP) is 6.42. The molecular weight excluding hydrogens is 365 g/mol. The molecule has 0 spiro atoms. The standard InChI is InChI=1S/C22H17Cl2NO/c23-13-9-10-14(19(24)11-13)18-12-21-15-5-1-2-7-17(15)22(26)25(21)20-8-4-3-6-16(18)20/h1-2,5,7,9-12,18H,3-4,6,8H2/t18-/m0/s1. The van der Waals surface area contributed by atoms with Crippen molar-refractivity contribution in [2.75, 3.05) is 0 Å². The molecule has 2 aromatic rings. The highest BCUT2D eigenvalue weighted by atomic mass is 35.5. The number of hydrogen-bond donors (Lipinski definition) is 0. The summed E-state index contributed by atoms with van der Waals surface area (Å²) >= 11 is 12.7. The molecule has 1 amide bonds. The van der Waals surface area contributed by atoms with E-state index in [1.54, 1.807) is 6.07 Å². The molecule has 0 unspecified atom stereocenters. The largest absolute Gasteiger partial charge is 0.280 e. The summed E-state index contributed by atoms with van der Waals surface area (Å²) in [6.07, 6.45) is 6.42. The molecule has 0 bridgehead atoms. The highest BCUT2D eigenvalue weighted by Crippen LogP contribution is 2.50. The number of fused-ring (bicyclic) bond motifs is 4. The van der Waals surface area contributed by atoms with Crippen LogP contribution < -0.4 is 0 Å². The molecule has 5 rings (SSSR count). The van der Waals surface area contributed by atoms with Gasteiger partial charge in [0.15, 0.2) is 0 Å².